The zero-order chi connectivity index (χ0) is 22.0. The van der Waals surface area contributed by atoms with Gasteiger partial charge >= 0.3 is 11.7 Å². The summed E-state index contributed by atoms with van der Waals surface area (Å²) in [5, 5.41) is 27.4. The van der Waals surface area contributed by atoms with Crippen molar-refractivity contribution in [3.63, 3.8) is 0 Å². The van der Waals surface area contributed by atoms with Gasteiger partial charge in [0.2, 0.25) is 5.75 Å². The molecule has 2 heterocycles. The van der Waals surface area contributed by atoms with Crippen molar-refractivity contribution in [2.45, 2.75) is 13.0 Å². The van der Waals surface area contributed by atoms with Crippen LogP contribution in [0.2, 0.25) is 0 Å². The minimum atomic E-state index is -0.769. The SMILES string of the molecule is CCOc1cc(C2NC(=O)NC(c3ccco3)=C2c2ccccc2)cc([N+](=O)[O-])c1O. The number of benzene rings is 2. The molecule has 0 spiro atoms. The number of nitro groups is 1. The number of amides is 2. The summed E-state index contributed by atoms with van der Waals surface area (Å²) >= 11 is 0. The van der Waals surface area contributed by atoms with Gasteiger partial charge < -0.3 is 24.9 Å². The third-order valence-corrected chi connectivity index (χ3v) is 4.83. The first kappa shape index (κ1) is 20.0. The van der Waals surface area contributed by atoms with Crippen molar-refractivity contribution in [1.82, 2.24) is 10.6 Å². The Hall–Kier alpha value is -4.27. The van der Waals surface area contributed by atoms with E-state index in [0.29, 0.717) is 22.6 Å². The maximum Gasteiger partial charge on any atom is 0.320 e. The third kappa shape index (κ3) is 3.80. The fourth-order valence-electron chi connectivity index (χ4n) is 3.54. The number of aromatic hydroxyl groups is 1. The smallest absolute Gasteiger partial charge is 0.320 e. The topological polar surface area (TPSA) is 127 Å². The first-order chi connectivity index (χ1) is 15.0. The van der Waals surface area contributed by atoms with Crippen LogP contribution >= 0.6 is 0 Å². The average Bonchev–Trinajstić information content (AvgIpc) is 3.30. The molecule has 1 atom stereocenters. The lowest BCUT2D eigenvalue weighted by molar-refractivity contribution is -0.386. The molecule has 2 amide bonds. The largest absolute Gasteiger partial charge is 0.500 e. The summed E-state index contributed by atoms with van der Waals surface area (Å²) in [5.41, 5.74) is 1.74. The fraction of sp³-hybridized carbons (Fsp3) is 0.136. The Morgan fingerprint density at radius 1 is 1.19 bits per heavy atom. The highest BCUT2D eigenvalue weighted by molar-refractivity contribution is 6.02. The lowest BCUT2D eigenvalue weighted by Crippen LogP contribution is -2.42. The molecule has 0 radical (unpaired) electrons. The summed E-state index contributed by atoms with van der Waals surface area (Å²) in [5.74, 6) is -0.157. The molecule has 31 heavy (non-hydrogen) atoms. The number of rotatable bonds is 6. The van der Waals surface area contributed by atoms with E-state index in [1.165, 1.54) is 18.4 Å². The molecule has 3 N–H and O–H groups in total. The Balaban J connectivity index is 1.97. The number of nitrogens with one attached hydrogen (secondary N) is 2. The molecule has 0 bridgehead atoms. The minimum Gasteiger partial charge on any atom is -0.500 e. The Kier molecular flexibility index (Phi) is 5.31. The highest BCUT2D eigenvalue weighted by atomic mass is 16.6. The molecule has 0 fully saturated rings. The molecule has 1 aliphatic heterocycles. The van der Waals surface area contributed by atoms with Gasteiger partial charge in [0.05, 0.1) is 29.5 Å². The molecular weight excluding hydrogens is 402 g/mol. The van der Waals surface area contributed by atoms with Gasteiger partial charge in [0.25, 0.3) is 0 Å². The van der Waals surface area contributed by atoms with Crippen LogP contribution in [0.5, 0.6) is 11.5 Å². The Labute approximate surface area is 177 Å². The predicted molar refractivity (Wildman–Crippen MR) is 112 cm³/mol. The number of carbonyl (C=O) groups excluding carboxylic acids is 1. The zero-order valence-corrected chi connectivity index (χ0v) is 16.5. The van der Waals surface area contributed by atoms with E-state index in [2.05, 4.69) is 10.6 Å². The number of hydrogen-bond donors (Lipinski definition) is 3. The van der Waals surface area contributed by atoms with E-state index in [9.17, 15) is 20.0 Å². The fourth-order valence-corrected chi connectivity index (χ4v) is 3.54. The number of phenolic OH excluding ortho intramolecular Hbond substituents is 1. The van der Waals surface area contributed by atoms with Gasteiger partial charge in [-0.1, -0.05) is 30.3 Å². The summed E-state index contributed by atoms with van der Waals surface area (Å²) < 4.78 is 10.9. The van der Waals surface area contributed by atoms with E-state index in [0.717, 1.165) is 5.56 Å². The third-order valence-electron chi connectivity index (χ3n) is 4.83. The van der Waals surface area contributed by atoms with Crippen LogP contribution in [0.1, 0.15) is 29.9 Å². The maximum atomic E-state index is 12.5. The number of ether oxygens (including phenoxy) is 1. The number of urea groups is 1. The highest BCUT2D eigenvalue weighted by Crippen LogP contribution is 2.43. The molecule has 158 valence electrons. The van der Waals surface area contributed by atoms with Gasteiger partial charge in [-0.05, 0) is 36.2 Å². The summed E-state index contributed by atoms with van der Waals surface area (Å²) in [6, 6.07) is 14.2. The lowest BCUT2D eigenvalue weighted by Gasteiger charge is -2.30. The molecule has 1 aliphatic rings. The van der Waals surface area contributed by atoms with Gasteiger partial charge in [-0.15, -0.1) is 0 Å². The normalized spacial score (nSPS) is 15.9. The Morgan fingerprint density at radius 3 is 2.61 bits per heavy atom. The van der Waals surface area contributed by atoms with E-state index < -0.39 is 28.4 Å². The summed E-state index contributed by atoms with van der Waals surface area (Å²) in [4.78, 5) is 23.4. The highest BCUT2D eigenvalue weighted by Gasteiger charge is 2.33. The second-order valence-electron chi connectivity index (χ2n) is 6.74. The number of nitro benzene ring substituents is 1. The molecule has 2 aromatic carbocycles. The average molecular weight is 421 g/mol. The van der Waals surface area contributed by atoms with E-state index in [4.69, 9.17) is 9.15 Å². The quantitative estimate of drug-likeness (QED) is 0.404. The summed E-state index contributed by atoms with van der Waals surface area (Å²) in [7, 11) is 0. The van der Waals surface area contributed by atoms with Crippen molar-refractivity contribution in [3.05, 3.63) is 87.9 Å². The van der Waals surface area contributed by atoms with Crippen LogP contribution in [0.4, 0.5) is 10.5 Å². The minimum absolute atomic E-state index is 0.0357. The van der Waals surface area contributed by atoms with Crippen molar-refractivity contribution in [1.29, 1.82) is 0 Å². The number of phenols is 1. The number of hydrogen-bond acceptors (Lipinski definition) is 6. The van der Waals surface area contributed by atoms with E-state index in [1.54, 1.807) is 19.1 Å². The molecule has 1 aromatic heterocycles. The second kappa shape index (κ2) is 8.23. The van der Waals surface area contributed by atoms with Crippen LogP contribution in [-0.4, -0.2) is 22.7 Å². The van der Waals surface area contributed by atoms with Crippen LogP contribution in [0.25, 0.3) is 11.3 Å². The standard InChI is InChI=1S/C22H19N3O6/c1-2-30-17-12-14(11-15(21(17)26)25(28)29)19-18(13-7-4-3-5-8-13)20(24-22(27)23-19)16-9-6-10-31-16/h3-12,19,26H,2H2,1H3,(H2,23,24,27). The molecule has 1 unspecified atom stereocenters. The first-order valence-corrected chi connectivity index (χ1v) is 9.54. The van der Waals surface area contributed by atoms with Crippen molar-refractivity contribution in [2.75, 3.05) is 6.61 Å². The number of furan rings is 1. The van der Waals surface area contributed by atoms with E-state index in [1.807, 2.05) is 30.3 Å². The van der Waals surface area contributed by atoms with Crippen molar-refractivity contribution in [3.8, 4) is 11.5 Å². The molecule has 9 nitrogen and oxygen atoms in total. The maximum absolute atomic E-state index is 12.5. The van der Waals surface area contributed by atoms with Crippen LogP contribution in [0.3, 0.4) is 0 Å². The van der Waals surface area contributed by atoms with Gasteiger partial charge in [-0.25, -0.2) is 4.79 Å². The van der Waals surface area contributed by atoms with Gasteiger partial charge in [-0.2, -0.15) is 0 Å². The molecule has 4 rings (SSSR count). The molecule has 0 saturated heterocycles. The van der Waals surface area contributed by atoms with Gasteiger partial charge in [0.1, 0.15) is 0 Å². The van der Waals surface area contributed by atoms with Gasteiger partial charge in [0.15, 0.2) is 11.5 Å². The molecule has 9 heteroatoms. The van der Waals surface area contributed by atoms with Crippen LogP contribution in [0, 0.1) is 10.1 Å². The van der Waals surface area contributed by atoms with E-state index in [-0.39, 0.29) is 12.4 Å². The predicted octanol–water partition coefficient (Wildman–Crippen LogP) is 4.21. The van der Waals surface area contributed by atoms with Crippen LogP contribution < -0.4 is 15.4 Å². The summed E-state index contributed by atoms with van der Waals surface area (Å²) in [6.45, 7) is 1.90. The second-order valence-corrected chi connectivity index (χ2v) is 6.74. The van der Waals surface area contributed by atoms with Crippen LogP contribution in [0.15, 0.2) is 65.3 Å². The van der Waals surface area contributed by atoms with Crippen molar-refractivity contribution >= 4 is 23.0 Å². The Morgan fingerprint density at radius 2 is 1.97 bits per heavy atom. The van der Waals surface area contributed by atoms with E-state index >= 15 is 0 Å². The molecule has 3 aromatic rings. The number of nitrogens with zero attached hydrogens (tertiary/aromatic N) is 1. The van der Waals surface area contributed by atoms with Gasteiger partial charge in [0, 0.05) is 11.6 Å². The Bertz CT molecular complexity index is 1160. The van der Waals surface area contributed by atoms with Crippen LogP contribution in [-0.2, 0) is 0 Å². The molecule has 0 saturated carbocycles. The monoisotopic (exact) mass is 421 g/mol. The van der Waals surface area contributed by atoms with Crippen molar-refractivity contribution in [2.24, 2.45) is 0 Å². The van der Waals surface area contributed by atoms with Gasteiger partial charge in [-0.3, -0.25) is 10.1 Å². The van der Waals surface area contributed by atoms with Crippen molar-refractivity contribution < 1.29 is 24.0 Å². The molecular formula is C22H19N3O6. The zero-order valence-electron chi connectivity index (χ0n) is 16.5. The first-order valence-electron chi connectivity index (χ1n) is 9.54. The number of carbonyl (C=O) groups is 1. The lowest BCUT2D eigenvalue weighted by atomic mass is 9.88. The summed E-state index contributed by atoms with van der Waals surface area (Å²) in [6.07, 6.45) is 1.49. The molecule has 0 aliphatic carbocycles.